The molecular weight excluding hydrogens is 258 g/mol. The van der Waals surface area contributed by atoms with Crippen molar-refractivity contribution in [3.05, 3.63) is 21.4 Å². The van der Waals surface area contributed by atoms with Crippen LogP contribution in [0.4, 0.5) is 0 Å². The Balaban J connectivity index is 1.57. The molecule has 1 amide bonds. The van der Waals surface area contributed by atoms with Gasteiger partial charge in [-0.1, -0.05) is 6.42 Å². The zero-order chi connectivity index (χ0) is 13.2. The molecule has 2 aliphatic rings. The molecule has 1 heterocycles. The van der Waals surface area contributed by atoms with Crippen LogP contribution in [-0.2, 0) is 12.8 Å². The van der Waals surface area contributed by atoms with Crippen LogP contribution in [0.25, 0.3) is 0 Å². The highest BCUT2D eigenvalue weighted by molar-refractivity contribution is 7.14. The van der Waals surface area contributed by atoms with Crippen LogP contribution in [-0.4, -0.2) is 23.7 Å². The summed E-state index contributed by atoms with van der Waals surface area (Å²) < 4.78 is 0. The molecule has 2 N–H and O–H groups in total. The minimum absolute atomic E-state index is 0.0689. The molecule has 0 atom stereocenters. The molecule has 1 aromatic rings. The Bertz CT molecular complexity index is 439. The van der Waals surface area contributed by atoms with Crippen LogP contribution in [0.3, 0.4) is 0 Å². The van der Waals surface area contributed by atoms with Crippen molar-refractivity contribution in [1.82, 2.24) is 5.32 Å². The van der Waals surface area contributed by atoms with Gasteiger partial charge in [-0.3, -0.25) is 4.79 Å². The van der Waals surface area contributed by atoms with Crippen LogP contribution < -0.4 is 5.32 Å². The fourth-order valence-corrected chi connectivity index (χ4v) is 4.14. The van der Waals surface area contributed by atoms with Crippen molar-refractivity contribution in [3.63, 3.8) is 0 Å². The van der Waals surface area contributed by atoms with Crippen molar-refractivity contribution in [2.45, 2.75) is 51.0 Å². The third-order valence-corrected chi connectivity index (χ3v) is 5.47. The second-order valence-corrected chi connectivity index (χ2v) is 6.96. The topological polar surface area (TPSA) is 49.3 Å². The highest BCUT2D eigenvalue weighted by Gasteiger charge is 2.27. The van der Waals surface area contributed by atoms with Gasteiger partial charge in [0.2, 0.25) is 0 Å². The lowest BCUT2D eigenvalue weighted by Crippen LogP contribution is -2.38. The molecule has 1 saturated carbocycles. The predicted molar refractivity (Wildman–Crippen MR) is 76.6 cm³/mol. The summed E-state index contributed by atoms with van der Waals surface area (Å²) in [6.45, 7) is 0.707. The first-order valence-corrected chi connectivity index (χ1v) is 8.12. The Morgan fingerprint density at radius 1 is 1.32 bits per heavy atom. The van der Waals surface area contributed by atoms with Gasteiger partial charge in [0.15, 0.2) is 0 Å². The number of hydrogen-bond donors (Lipinski definition) is 2. The van der Waals surface area contributed by atoms with Crippen LogP contribution in [0.1, 0.15) is 52.2 Å². The van der Waals surface area contributed by atoms with Crippen molar-refractivity contribution in [2.24, 2.45) is 5.92 Å². The summed E-state index contributed by atoms with van der Waals surface area (Å²) in [5.41, 5.74) is 1.40. The van der Waals surface area contributed by atoms with Crippen LogP contribution in [0, 0.1) is 5.92 Å². The minimum Gasteiger partial charge on any atom is -0.393 e. The summed E-state index contributed by atoms with van der Waals surface area (Å²) in [5, 5.41) is 12.2. The summed E-state index contributed by atoms with van der Waals surface area (Å²) in [5.74, 6) is 0.538. The Kier molecular flexibility index (Phi) is 3.89. The maximum absolute atomic E-state index is 12.1. The summed E-state index contributed by atoms with van der Waals surface area (Å²) >= 11 is 1.67. The molecule has 104 valence electrons. The zero-order valence-electron chi connectivity index (χ0n) is 11.2. The third-order valence-electron chi connectivity index (χ3n) is 4.23. The lowest BCUT2D eigenvalue weighted by Gasteiger charge is -2.31. The number of rotatable bonds is 3. The number of nitrogens with one attached hydrogen (secondary N) is 1. The van der Waals surface area contributed by atoms with Gasteiger partial charge in [0.25, 0.3) is 5.91 Å². The van der Waals surface area contributed by atoms with Crippen molar-refractivity contribution >= 4 is 17.2 Å². The summed E-state index contributed by atoms with van der Waals surface area (Å²) in [6.07, 6.45) is 7.63. The molecule has 0 bridgehead atoms. The highest BCUT2D eigenvalue weighted by atomic mass is 32.1. The van der Waals surface area contributed by atoms with Crippen molar-refractivity contribution in [2.75, 3.05) is 6.54 Å². The first-order chi connectivity index (χ1) is 9.22. The molecule has 3 rings (SSSR count). The van der Waals surface area contributed by atoms with E-state index in [2.05, 4.69) is 11.4 Å². The average Bonchev–Trinajstić information content (AvgIpc) is 2.64. The normalized spacial score (nSPS) is 26.2. The second kappa shape index (κ2) is 5.63. The maximum Gasteiger partial charge on any atom is 0.261 e. The van der Waals surface area contributed by atoms with E-state index in [4.69, 9.17) is 0 Å². The molecule has 0 radical (unpaired) electrons. The predicted octanol–water partition coefficient (Wildman–Crippen LogP) is 2.52. The quantitative estimate of drug-likeness (QED) is 0.835. The second-order valence-electron chi connectivity index (χ2n) is 5.82. The molecule has 2 aliphatic carbocycles. The van der Waals surface area contributed by atoms with Crippen LogP contribution in [0.5, 0.6) is 0 Å². The number of aliphatic hydroxyl groups is 1. The number of carbonyl (C=O) groups is 1. The SMILES string of the molecule is O=C(NCC1CC(O)C1)c1cc2c(s1)CCCCC2. The van der Waals surface area contributed by atoms with Gasteiger partial charge < -0.3 is 10.4 Å². The maximum atomic E-state index is 12.1. The molecule has 0 unspecified atom stereocenters. The van der Waals surface area contributed by atoms with Crippen LogP contribution >= 0.6 is 11.3 Å². The number of thiophene rings is 1. The van der Waals surface area contributed by atoms with Crippen LogP contribution in [0.15, 0.2) is 6.07 Å². The van der Waals surface area contributed by atoms with E-state index in [1.165, 1.54) is 29.7 Å². The fraction of sp³-hybridized carbons (Fsp3) is 0.667. The molecule has 1 aromatic heterocycles. The van der Waals surface area contributed by atoms with Gasteiger partial charge in [-0.15, -0.1) is 11.3 Å². The van der Waals surface area contributed by atoms with Gasteiger partial charge in [-0.25, -0.2) is 0 Å². The Hall–Kier alpha value is -0.870. The smallest absolute Gasteiger partial charge is 0.261 e. The lowest BCUT2D eigenvalue weighted by molar-refractivity contribution is 0.0420. The number of amides is 1. The van der Waals surface area contributed by atoms with Gasteiger partial charge >= 0.3 is 0 Å². The van der Waals surface area contributed by atoms with E-state index in [1.54, 1.807) is 11.3 Å². The molecule has 19 heavy (non-hydrogen) atoms. The largest absolute Gasteiger partial charge is 0.393 e. The first-order valence-electron chi connectivity index (χ1n) is 7.30. The van der Waals surface area contributed by atoms with E-state index in [-0.39, 0.29) is 12.0 Å². The molecule has 4 heteroatoms. The number of hydrogen-bond acceptors (Lipinski definition) is 3. The Morgan fingerprint density at radius 2 is 2.11 bits per heavy atom. The molecule has 0 aliphatic heterocycles. The van der Waals surface area contributed by atoms with Gasteiger partial charge in [0.1, 0.15) is 0 Å². The number of fused-ring (bicyclic) bond motifs is 1. The first kappa shape index (κ1) is 13.1. The molecular formula is C15H21NO2S. The van der Waals surface area contributed by atoms with E-state index in [9.17, 15) is 9.90 Å². The molecule has 0 saturated heterocycles. The Labute approximate surface area is 118 Å². The summed E-state index contributed by atoms with van der Waals surface area (Å²) in [7, 11) is 0. The lowest BCUT2D eigenvalue weighted by atomic mass is 9.82. The molecule has 0 aromatic carbocycles. The van der Waals surface area contributed by atoms with Crippen molar-refractivity contribution in [3.8, 4) is 0 Å². The van der Waals surface area contributed by atoms with E-state index in [1.807, 2.05) is 0 Å². The number of aliphatic hydroxyl groups excluding tert-OH is 1. The molecule has 1 fully saturated rings. The fourth-order valence-electron chi connectivity index (χ4n) is 2.97. The average molecular weight is 279 g/mol. The van der Waals surface area contributed by atoms with Crippen LogP contribution in [0.2, 0.25) is 0 Å². The molecule has 0 spiro atoms. The van der Waals surface area contributed by atoms with Gasteiger partial charge in [0.05, 0.1) is 11.0 Å². The van der Waals surface area contributed by atoms with E-state index in [0.717, 1.165) is 30.6 Å². The minimum atomic E-state index is -0.139. The van der Waals surface area contributed by atoms with E-state index >= 15 is 0 Å². The standard InChI is InChI=1S/C15H21NO2S/c17-12-6-10(7-12)9-16-15(18)14-8-11-4-2-1-3-5-13(11)19-14/h8,10,12,17H,1-7,9H2,(H,16,18). The molecule has 3 nitrogen and oxygen atoms in total. The van der Waals surface area contributed by atoms with Gasteiger partial charge in [-0.2, -0.15) is 0 Å². The number of aryl methyl sites for hydroxylation is 2. The third kappa shape index (κ3) is 3.00. The monoisotopic (exact) mass is 279 g/mol. The Morgan fingerprint density at radius 3 is 2.89 bits per heavy atom. The van der Waals surface area contributed by atoms with Gasteiger partial charge in [-0.05, 0) is 56.1 Å². The zero-order valence-corrected chi connectivity index (χ0v) is 12.0. The van der Waals surface area contributed by atoms with E-state index < -0.39 is 0 Å². The highest BCUT2D eigenvalue weighted by Crippen LogP contribution is 2.29. The summed E-state index contributed by atoms with van der Waals surface area (Å²) in [4.78, 5) is 14.4. The number of carbonyl (C=O) groups excluding carboxylic acids is 1. The van der Waals surface area contributed by atoms with Crippen molar-refractivity contribution in [1.29, 1.82) is 0 Å². The van der Waals surface area contributed by atoms with Gasteiger partial charge in [0, 0.05) is 11.4 Å². The van der Waals surface area contributed by atoms with Crippen molar-refractivity contribution < 1.29 is 9.90 Å². The summed E-state index contributed by atoms with van der Waals surface area (Å²) in [6, 6.07) is 2.09. The van der Waals surface area contributed by atoms with E-state index in [0.29, 0.717) is 12.5 Å².